The summed E-state index contributed by atoms with van der Waals surface area (Å²) in [4.78, 5) is 17.3. The standard InChI is InChI=1S/C23H16N2O4/c26-22(25-16-10-11-19-20(12-16)28-14-27-19)17-8-4-5-9-18(17)23-24-13-21(29-23)15-6-2-1-3-7-15/h1-13H,14H2,(H,25,26). The first-order valence-corrected chi connectivity index (χ1v) is 9.09. The third kappa shape index (κ3) is 3.32. The van der Waals surface area contributed by atoms with E-state index in [-0.39, 0.29) is 12.7 Å². The van der Waals surface area contributed by atoms with Gasteiger partial charge in [-0.2, -0.15) is 0 Å². The lowest BCUT2D eigenvalue weighted by Crippen LogP contribution is -2.13. The van der Waals surface area contributed by atoms with Crippen LogP contribution in [-0.4, -0.2) is 17.7 Å². The van der Waals surface area contributed by atoms with Crippen molar-refractivity contribution in [3.05, 3.63) is 84.6 Å². The summed E-state index contributed by atoms with van der Waals surface area (Å²) in [6.07, 6.45) is 1.66. The number of ether oxygens (including phenoxy) is 2. The van der Waals surface area contributed by atoms with Crippen molar-refractivity contribution in [2.45, 2.75) is 0 Å². The van der Waals surface area contributed by atoms with E-state index in [2.05, 4.69) is 10.3 Å². The zero-order valence-electron chi connectivity index (χ0n) is 15.3. The van der Waals surface area contributed by atoms with Gasteiger partial charge in [0.2, 0.25) is 12.7 Å². The van der Waals surface area contributed by atoms with Crippen LogP contribution in [0.4, 0.5) is 5.69 Å². The Morgan fingerprint density at radius 1 is 0.897 bits per heavy atom. The Morgan fingerprint density at radius 2 is 1.69 bits per heavy atom. The Hall–Kier alpha value is -4.06. The molecule has 6 heteroatoms. The number of benzene rings is 3. The number of anilines is 1. The highest BCUT2D eigenvalue weighted by Gasteiger charge is 2.19. The molecule has 3 aromatic carbocycles. The minimum atomic E-state index is -0.265. The summed E-state index contributed by atoms with van der Waals surface area (Å²) in [5, 5.41) is 2.89. The fourth-order valence-corrected chi connectivity index (χ4v) is 3.17. The molecule has 1 aliphatic rings. The number of nitrogens with zero attached hydrogens (tertiary/aromatic N) is 1. The molecule has 142 valence electrons. The number of fused-ring (bicyclic) bond motifs is 1. The molecule has 29 heavy (non-hydrogen) atoms. The molecule has 1 N–H and O–H groups in total. The molecule has 1 amide bonds. The van der Waals surface area contributed by atoms with Crippen LogP contribution in [-0.2, 0) is 0 Å². The normalized spacial score (nSPS) is 12.0. The molecule has 0 saturated carbocycles. The van der Waals surface area contributed by atoms with Crippen LogP contribution in [0.15, 0.2) is 83.4 Å². The molecule has 1 aliphatic heterocycles. The van der Waals surface area contributed by atoms with E-state index < -0.39 is 0 Å². The van der Waals surface area contributed by atoms with Crippen molar-refractivity contribution < 1.29 is 18.7 Å². The molecule has 5 rings (SSSR count). The molecule has 2 heterocycles. The van der Waals surface area contributed by atoms with Crippen molar-refractivity contribution >= 4 is 11.6 Å². The molecule has 0 saturated heterocycles. The van der Waals surface area contributed by atoms with Crippen molar-refractivity contribution in [3.8, 4) is 34.3 Å². The number of nitrogens with one attached hydrogen (secondary N) is 1. The Labute approximate surface area is 166 Å². The van der Waals surface area contributed by atoms with Crippen molar-refractivity contribution in [1.29, 1.82) is 0 Å². The van der Waals surface area contributed by atoms with Gasteiger partial charge in [0.25, 0.3) is 5.91 Å². The monoisotopic (exact) mass is 384 g/mol. The predicted octanol–water partition coefficient (Wildman–Crippen LogP) is 4.99. The van der Waals surface area contributed by atoms with Crippen LogP contribution in [0.2, 0.25) is 0 Å². The Bertz CT molecular complexity index is 1180. The second-order valence-electron chi connectivity index (χ2n) is 6.46. The molecular weight excluding hydrogens is 368 g/mol. The summed E-state index contributed by atoms with van der Waals surface area (Å²) in [6, 6.07) is 22.2. The van der Waals surface area contributed by atoms with Crippen molar-refractivity contribution in [2.75, 3.05) is 12.1 Å². The lowest BCUT2D eigenvalue weighted by atomic mass is 10.1. The zero-order valence-corrected chi connectivity index (χ0v) is 15.3. The Balaban J connectivity index is 1.44. The van der Waals surface area contributed by atoms with Crippen LogP contribution >= 0.6 is 0 Å². The minimum absolute atomic E-state index is 0.184. The number of carbonyl (C=O) groups is 1. The van der Waals surface area contributed by atoms with Gasteiger partial charge in [0, 0.05) is 22.9 Å². The molecule has 1 aromatic heterocycles. The van der Waals surface area contributed by atoms with E-state index in [1.807, 2.05) is 42.5 Å². The highest BCUT2D eigenvalue weighted by molar-refractivity contribution is 6.08. The minimum Gasteiger partial charge on any atom is -0.454 e. The van der Waals surface area contributed by atoms with E-state index in [1.54, 1.807) is 36.5 Å². The smallest absolute Gasteiger partial charge is 0.256 e. The number of amides is 1. The number of aromatic nitrogens is 1. The zero-order chi connectivity index (χ0) is 19.6. The third-order valence-corrected chi connectivity index (χ3v) is 4.60. The van der Waals surface area contributed by atoms with Gasteiger partial charge in [0.05, 0.1) is 11.8 Å². The molecular formula is C23H16N2O4. The van der Waals surface area contributed by atoms with Gasteiger partial charge in [-0.15, -0.1) is 0 Å². The van der Waals surface area contributed by atoms with Gasteiger partial charge in [0.15, 0.2) is 17.3 Å². The SMILES string of the molecule is O=C(Nc1ccc2c(c1)OCO2)c1ccccc1-c1ncc(-c2ccccc2)o1. The third-order valence-electron chi connectivity index (χ3n) is 4.60. The predicted molar refractivity (Wildman–Crippen MR) is 108 cm³/mol. The highest BCUT2D eigenvalue weighted by Crippen LogP contribution is 2.35. The van der Waals surface area contributed by atoms with E-state index in [9.17, 15) is 4.79 Å². The van der Waals surface area contributed by atoms with Crippen LogP contribution < -0.4 is 14.8 Å². The molecule has 0 fully saturated rings. The summed E-state index contributed by atoms with van der Waals surface area (Å²) in [5.41, 5.74) is 2.62. The number of hydrogen-bond donors (Lipinski definition) is 1. The fourth-order valence-electron chi connectivity index (χ4n) is 3.17. The maximum absolute atomic E-state index is 12.9. The maximum atomic E-state index is 12.9. The highest BCUT2D eigenvalue weighted by atomic mass is 16.7. The fraction of sp³-hybridized carbons (Fsp3) is 0.0435. The van der Waals surface area contributed by atoms with Crippen molar-refractivity contribution in [3.63, 3.8) is 0 Å². The average Bonchev–Trinajstić information content (AvgIpc) is 3.44. The number of carbonyl (C=O) groups excluding carboxylic acids is 1. The molecule has 6 nitrogen and oxygen atoms in total. The molecule has 0 spiro atoms. The summed E-state index contributed by atoms with van der Waals surface area (Å²) >= 11 is 0. The lowest BCUT2D eigenvalue weighted by Gasteiger charge is -2.09. The van der Waals surface area contributed by atoms with E-state index in [4.69, 9.17) is 13.9 Å². The molecule has 0 unspecified atom stereocenters. The molecule has 0 radical (unpaired) electrons. The van der Waals surface area contributed by atoms with Crippen molar-refractivity contribution in [1.82, 2.24) is 4.98 Å². The molecule has 0 aliphatic carbocycles. The van der Waals surface area contributed by atoms with Gasteiger partial charge < -0.3 is 19.2 Å². The van der Waals surface area contributed by atoms with E-state index in [0.717, 1.165) is 5.56 Å². The summed E-state index contributed by atoms with van der Waals surface area (Å²) in [6.45, 7) is 0.184. The molecule has 0 bridgehead atoms. The maximum Gasteiger partial charge on any atom is 0.256 e. The van der Waals surface area contributed by atoms with Crippen LogP contribution in [0.25, 0.3) is 22.8 Å². The van der Waals surface area contributed by atoms with Crippen LogP contribution in [0, 0.1) is 0 Å². The largest absolute Gasteiger partial charge is 0.454 e. The Morgan fingerprint density at radius 3 is 2.59 bits per heavy atom. The summed E-state index contributed by atoms with van der Waals surface area (Å²) in [5.74, 6) is 2.04. The first kappa shape index (κ1) is 17.1. The number of hydrogen-bond acceptors (Lipinski definition) is 5. The lowest BCUT2D eigenvalue weighted by molar-refractivity contribution is 0.102. The van der Waals surface area contributed by atoms with E-state index in [1.165, 1.54) is 0 Å². The van der Waals surface area contributed by atoms with Gasteiger partial charge in [-0.3, -0.25) is 4.79 Å². The number of rotatable bonds is 4. The van der Waals surface area contributed by atoms with Gasteiger partial charge >= 0.3 is 0 Å². The van der Waals surface area contributed by atoms with Gasteiger partial charge in [-0.05, 0) is 24.3 Å². The van der Waals surface area contributed by atoms with Gasteiger partial charge in [-0.1, -0.05) is 42.5 Å². The van der Waals surface area contributed by atoms with Gasteiger partial charge in [-0.25, -0.2) is 4.98 Å². The quantitative estimate of drug-likeness (QED) is 0.537. The molecule has 4 aromatic rings. The Kier molecular flexibility index (Phi) is 4.22. The van der Waals surface area contributed by atoms with E-state index >= 15 is 0 Å². The van der Waals surface area contributed by atoms with Gasteiger partial charge in [0.1, 0.15) is 0 Å². The molecule has 0 atom stereocenters. The van der Waals surface area contributed by atoms with Crippen LogP contribution in [0.3, 0.4) is 0 Å². The van der Waals surface area contributed by atoms with Crippen LogP contribution in [0.5, 0.6) is 11.5 Å². The first-order chi connectivity index (χ1) is 14.3. The van der Waals surface area contributed by atoms with Crippen molar-refractivity contribution in [2.24, 2.45) is 0 Å². The van der Waals surface area contributed by atoms with E-state index in [0.29, 0.717) is 40.0 Å². The van der Waals surface area contributed by atoms with Crippen LogP contribution in [0.1, 0.15) is 10.4 Å². The second-order valence-corrected chi connectivity index (χ2v) is 6.46. The topological polar surface area (TPSA) is 73.6 Å². The summed E-state index contributed by atoms with van der Waals surface area (Å²) in [7, 11) is 0. The summed E-state index contributed by atoms with van der Waals surface area (Å²) < 4.78 is 16.6. The number of oxazole rings is 1. The second kappa shape index (κ2) is 7.16. The first-order valence-electron chi connectivity index (χ1n) is 9.09. The average molecular weight is 384 g/mol.